The summed E-state index contributed by atoms with van der Waals surface area (Å²) in [4.78, 5) is 33.6. The molecule has 21 heavy (non-hydrogen) atoms. The number of nitrogens with one attached hydrogen (secondary N) is 1. The van der Waals surface area contributed by atoms with Gasteiger partial charge in [0.25, 0.3) is 0 Å². The van der Waals surface area contributed by atoms with E-state index in [1.165, 1.54) is 6.08 Å². The Morgan fingerprint density at radius 1 is 1.43 bits per heavy atom. The van der Waals surface area contributed by atoms with Gasteiger partial charge < -0.3 is 10.2 Å². The average Bonchev–Trinajstić information content (AvgIpc) is 2.55. The molecular formula is C15H20N4O2. The molecule has 1 aliphatic rings. The highest BCUT2D eigenvalue weighted by Crippen LogP contribution is 2.19. The van der Waals surface area contributed by atoms with E-state index in [1.54, 1.807) is 23.5 Å². The topological polar surface area (TPSA) is 75.2 Å². The second-order valence-electron chi connectivity index (χ2n) is 5.16. The molecule has 2 heterocycles. The summed E-state index contributed by atoms with van der Waals surface area (Å²) in [6.07, 6.45) is 7.53. The van der Waals surface area contributed by atoms with Crippen LogP contribution in [0.5, 0.6) is 0 Å². The third kappa shape index (κ3) is 3.87. The molecule has 1 atom stereocenters. The fraction of sp³-hybridized carbons (Fsp3) is 0.467. The first-order valence-electron chi connectivity index (χ1n) is 7.09. The number of aromatic nitrogens is 2. The molecule has 0 radical (unpaired) electrons. The first-order valence-corrected chi connectivity index (χ1v) is 7.09. The lowest BCUT2D eigenvalue weighted by molar-refractivity contribution is -0.132. The maximum Gasteiger partial charge on any atom is 0.245 e. The SMILES string of the molecule is C=CC(=O)N1CCC(C(=O)NC(C)c2cnccn2)CC1. The predicted molar refractivity (Wildman–Crippen MR) is 78.1 cm³/mol. The van der Waals surface area contributed by atoms with Gasteiger partial charge in [0.15, 0.2) is 0 Å². The second-order valence-corrected chi connectivity index (χ2v) is 5.16. The average molecular weight is 288 g/mol. The van der Waals surface area contributed by atoms with Crippen molar-refractivity contribution < 1.29 is 9.59 Å². The molecule has 0 aromatic carbocycles. The van der Waals surface area contributed by atoms with E-state index in [9.17, 15) is 9.59 Å². The normalized spacial score (nSPS) is 17.1. The number of hydrogen-bond donors (Lipinski definition) is 1. The molecule has 1 fully saturated rings. The number of rotatable bonds is 4. The van der Waals surface area contributed by atoms with Crippen molar-refractivity contribution in [2.45, 2.75) is 25.8 Å². The molecule has 1 aromatic rings. The van der Waals surface area contributed by atoms with E-state index in [-0.39, 0.29) is 23.8 Å². The van der Waals surface area contributed by atoms with Gasteiger partial charge in [-0.2, -0.15) is 0 Å². The molecule has 0 bridgehead atoms. The summed E-state index contributed by atoms with van der Waals surface area (Å²) in [5.41, 5.74) is 0.741. The van der Waals surface area contributed by atoms with Crippen LogP contribution in [0.25, 0.3) is 0 Å². The summed E-state index contributed by atoms with van der Waals surface area (Å²) in [6, 6.07) is -0.168. The highest BCUT2D eigenvalue weighted by atomic mass is 16.2. The summed E-state index contributed by atoms with van der Waals surface area (Å²) in [5.74, 6) is -0.112. The zero-order valence-electron chi connectivity index (χ0n) is 12.2. The van der Waals surface area contributed by atoms with Crippen LogP contribution in [0.4, 0.5) is 0 Å². The molecule has 6 nitrogen and oxygen atoms in total. The molecule has 1 saturated heterocycles. The van der Waals surface area contributed by atoms with E-state index in [2.05, 4.69) is 21.9 Å². The Morgan fingerprint density at radius 2 is 2.14 bits per heavy atom. The number of likely N-dealkylation sites (tertiary alicyclic amines) is 1. The van der Waals surface area contributed by atoms with Crippen LogP contribution in [-0.4, -0.2) is 39.8 Å². The molecular weight excluding hydrogens is 268 g/mol. The first-order chi connectivity index (χ1) is 10.1. The number of carbonyl (C=O) groups is 2. The molecule has 1 N–H and O–H groups in total. The minimum absolute atomic E-state index is 0.0128. The largest absolute Gasteiger partial charge is 0.348 e. The maximum atomic E-state index is 12.2. The smallest absolute Gasteiger partial charge is 0.245 e. The zero-order valence-corrected chi connectivity index (χ0v) is 12.2. The van der Waals surface area contributed by atoms with Crippen molar-refractivity contribution in [3.05, 3.63) is 36.9 Å². The van der Waals surface area contributed by atoms with Crippen molar-refractivity contribution >= 4 is 11.8 Å². The molecule has 1 aliphatic heterocycles. The Kier molecular flexibility index (Phi) is 5.03. The van der Waals surface area contributed by atoms with Gasteiger partial charge in [-0.3, -0.25) is 19.6 Å². The van der Waals surface area contributed by atoms with Gasteiger partial charge in [-0.25, -0.2) is 0 Å². The van der Waals surface area contributed by atoms with Gasteiger partial charge >= 0.3 is 0 Å². The molecule has 0 saturated carbocycles. The van der Waals surface area contributed by atoms with Gasteiger partial charge in [0.2, 0.25) is 11.8 Å². The molecule has 2 amide bonds. The van der Waals surface area contributed by atoms with Gasteiger partial charge in [-0.05, 0) is 25.8 Å². The highest BCUT2D eigenvalue weighted by Gasteiger charge is 2.27. The van der Waals surface area contributed by atoms with Crippen LogP contribution < -0.4 is 5.32 Å². The Balaban J connectivity index is 1.85. The standard InChI is InChI=1S/C15H20N4O2/c1-3-14(20)19-8-4-12(5-9-19)15(21)18-11(2)13-10-16-6-7-17-13/h3,6-7,10-12H,1,4-5,8-9H2,2H3,(H,18,21). The minimum atomic E-state index is -0.168. The van der Waals surface area contributed by atoms with Crippen molar-refractivity contribution in [1.82, 2.24) is 20.2 Å². The number of hydrogen-bond acceptors (Lipinski definition) is 4. The van der Waals surface area contributed by atoms with Crippen LogP contribution in [0, 0.1) is 5.92 Å². The fourth-order valence-electron chi connectivity index (χ4n) is 2.43. The summed E-state index contributed by atoms with van der Waals surface area (Å²) >= 11 is 0. The van der Waals surface area contributed by atoms with Crippen LogP contribution in [-0.2, 0) is 9.59 Å². The lowest BCUT2D eigenvalue weighted by Gasteiger charge is -2.31. The molecule has 6 heteroatoms. The number of piperidine rings is 1. The predicted octanol–water partition coefficient (Wildman–Crippen LogP) is 1.08. The van der Waals surface area contributed by atoms with Gasteiger partial charge in [0, 0.05) is 31.4 Å². The van der Waals surface area contributed by atoms with Gasteiger partial charge in [-0.1, -0.05) is 6.58 Å². The lowest BCUT2D eigenvalue weighted by atomic mass is 9.95. The molecule has 1 unspecified atom stereocenters. The zero-order chi connectivity index (χ0) is 15.2. The number of carbonyl (C=O) groups excluding carboxylic acids is 2. The monoisotopic (exact) mass is 288 g/mol. The van der Waals surface area contributed by atoms with Gasteiger partial charge in [0.1, 0.15) is 0 Å². The van der Waals surface area contributed by atoms with E-state index < -0.39 is 0 Å². The Morgan fingerprint density at radius 3 is 2.71 bits per heavy atom. The Labute approximate surface area is 124 Å². The van der Waals surface area contributed by atoms with E-state index >= 15 is 0 Å². The fourth-order valence-corrected chi connectivity index (χ4v) is 2.43. The van der Waals surface area contributed by atoms with Crippen LogP contribution in [0.15, 0.2) is 31.2 Å². The minimum Gasteiger partial charge on any atom is -0.348 e. The van der Waals surface area contributed by atoms with Crippen LogP contribution in [0.3, 0.4) is 0 Å². The molecule has 0 spiro atoms. The van der Waals surface area contributed by atoms with Crippen molar-refractivity contribution in [3.8, 4) is 0 Å². The third-order valence-corrected chi connectivity index (χ3v) is 3.74. The Bertz CT molecular complexity index is 510. The quantitative estimate of drug-likeness (QED) is 0.841. The van der Waals surface area contributed by atoms with Crippen molar-refractivity contribution in [1.29, 1.82) is 0 Å². The molecule has 1 aromatic heterocycles. The van der Waals surface area contributed by atoms with Crippen molar-refractivity contribution in [3.63, 3.8) is 0 Å². The molecule has 0 aliphatic carbocycles. The summed E-state index contributed by atoms with van der Waals surface area (Å²) in [5, 5.41) is 2.96. The summed E-state index contributed by atoms with van der Waals surface area (Å²) in [6.45, 7) is 6.57. The summed E-state index contributed by atoms with van der Waals surface area (Å²) in [7, 11) is 0. The summed E-state index contributed by atoms with van der Waals surface area (Å²) < 4.78 is 0. The first kappa shape index (κ1) is 15.2. The number of nitrogens with zero attached hydrogens (tertiary/aromatic N) is 3. The van der Waals surface area contributed by atoms with E-state index in [0.29, 0.717) is 25.9 Å². The Hall–Kier alpha value is -2.24. The number of amides is 2. The maximum absolute atomic E-state index is 12.2. The molecule has 112 valence electrons. The second kappa shape index (κ2) is 6.97. The van der Waals surface area contributed by atoms with E-state index in [4.69, 9.17) is 0 Å². The van der Waals surface area contributed by atoms with Gasteiger partial charge in [0.05, 0.1) is 17.9 Å². The lowest BCUT2D eigenvalue weighted by Crippen LogP contribution is -2.43. The third-order valence-electron chi connectivity index (χ3n) is 3.74. The van der Waals surface area contributed by atoms with E-state index in [1.807, 2.05) is 6.92 Å². The van der Waals surface area contributed by atoms with E-state index in [0.717, 1.165) is 5.69 Å². The van der Waals surface area contributed by atoms with Crippen molar-refractivity contribution in [2.24, 2.45) is 5.92 Å². The highest BCUT2D eigenvalue weighted by molar-refractivity contribution is 5.87. The van der Waals surface area contributed by atoms with Crippen molar-refractivity contribution in [2.75, 3.05) is 13.1 Å². The van der Waals surface area contributed by atoms with Crippen LogP contribution >= 0.6 is 0 Å². The molecule has 2 rings (SSSR count). The van der Waals surface area contributed by atoms with Crippen LogP contribution in [0.1, 0.15) is 31.5 Å². The van der Waals surface area contributed by atoms with Crippen LogP contribution in [0.2, 0.25) is 0 Å². The van der Waals surface area contributed by atoms with Gasteiger partial charge in [-0.15, -0.1) is 0 Å².